The molecule has 3 rings (SSSR count). The van der Waals surface area contributed by atoms with E-state index in [9.17, 15) is 9.59 Å². The van der Waals surface area contributed by atoms with Crippen molar-refractivity contribution in [3.63, 3.8) is 0 Å². The molecule has 8 nitrogen and oxygen atoms in total. The summed E-state index contributed by atoms with van der Waals surface area (Å²) in [4.78, 5) is 30.1. The predicted molar refractivity (Wildman–Crippen MR) is 93.2 cm³/mol. The van der Waals surface area contributed by atoms with Crippen LogP contribution >= 0.6 is 0 Å². The molecule has 0 saturated heterocycles. The maximum Gasteiger partial charge on any atom is 0.313 e. The second-order valence-electron chi connectivity index (χ2n) is 6.29. The molecule has 1 unspecified atom stereocenters. The number of amides is 2. The third kappa shape index (κ3) is 4.42. The zero-order valence-electron chi connectivity index (χ0n) is 14.3. The number of hydrogen-bond donors (Lipinski definition) is 2. The Morgan fingerprint density at radius 3 is 2.72 bits per heavy atom. The molecule has 2 heterocycles. The summed E-state index contributed by atoms with van der Waals surface area (Å²) >= 11 is 0. The normalized spacial score (nSPS) is 15.0. The number of rotatable bonds is 6. The smallest absolute Gasteiger partial charge is 0.313 e. The Labute approximate surface area is 146 Å². The first-order valence-electron chi connectivity index (χ1n) is 8.31. The average molecular weight is 342 g/mol. The quantitative estimate of drug-likeness (QED) is 0.758. The highest BCUT2D eigenvalue weighted by atomic mass is 16.2. The van der Waals surface area contributed by atoms with E-state index in [4.69, 9.17) is 0 Å². The van der Waals surface area contributed by atoms with E-state index in [0.717, 1.165) is 5.69 Å². The summed E-state index contributed by atoms with van der Waals surface area (Å²) in [6.07, 6.45) is 8.86. The Morgan fingerprint density at radius 2 is 2.04 bits per heavy atom. The van der Waals surface area contributed by atoms with Crippen molar-refractivity contribution in [3.05, 3.63) is 36.9 Å². The van der Waals surface area contributed by atoms with E-state index in [0.29, 0.717) is 18.3 Å². The van der Waals surface area contributed by atoms with Crippen molar-refractivity contribution in [2.24, 2.45) is 0 Å². The number of aromatic nitrogens is 3. The lowest BCUT2D eigenvalue weighted by atomic mass is 10.3. The van der Waals surface area contributed by atoms with Crippen molar-refractivity contribution < 1.29 is 9.59 Å². The van der Waals surface area contributed by atoms with Crippen LogP contribution in [0, 0.1) is 0 Å². The van der Waals surface area contributed by atoms with Gasteiger partial charge < -0.3 is 10.6 Å². The van der Waals surface area contributed by atoms with Crippen LogP contribution in [0.15, 0.2) is 36.9 Å². The molecular weight excluding hydrogens is 320 g/mol. The minimum Gasteiger partial charge on any atom is -0.346 e. The summed E-state index contributed by atoms with van der Waals surface area (Å²) < 4.78 is 1.60. The van der Waals surface area contributed by atoms with Gasteiger partial charge in [-0.1, -0.05) is 0 Å². The lowest BCUT2D eigenvalue weighted by Gasteiger charge is -2.24. The predicted octanol–water partition coefficient (Wildman–Crippen LogP) is 0.805. The van der Waals surface area contributed by atoms with Crippen molar-refractivity contribution in [1.29, 1.82) is 0 Å². The molecule has 1 fully saturated rings. The summed E-state index contributed by atoms with van der Waals surface area (Å²) in [5.41, 5.74) is 1.27. The molecule has 25 heavy (non-hydrogen) atoms. The average Bonchev–Trinajstić information content (AvgIpc) is 3.38. The van der Waals surface area contributed by atoms with Gasteiger partial charge in [-0.2, -0.15) is 5.10 Å². The second-order valence-corrected chi connectivity index (χ2v) is 6.29. The Morgan fingerprint density at radius 1 is 1.32 bits per heavy atom. The van der Waals surface area contributed by atoms with Crippen molar-refractivity contribution in [1.82, 2.24) is 25.0 Å². The minimum atomic E-state index is -0.699. The van der Waals surface area contributed by atoms with Gasteiger partial charge in [-0.05, 0) is 38.9 Å². The number of hydrogen-bond acceptors (Lipinski definition) is 5. The molecule has 2 aromatic heterocycles. The molecule has 1 aliphatic carbocycles. The van der Waals surface area contributed by atoms with Gasteiger partial charge >= 0.3 is 11.8 Å². The fourth-order valence-corrected chi connectivity index (χ4v) is 2.52. The zero-order chi connectivity index (χ0) is 17.8. The van der Waals surface area contributed by atoms with E-state index in [1.54, 1.807) is 35.4 Å². The molecule has 2 amide bonds. The molecule has 1 saturated carbocycles. The van der Waals surface area contributed by atoms with E-state index in [2.05, 4.69) is 25.6 Å². The van der Waals surface area contributed by atoms with Crippen LogP contribution in [0.5, 0.6) is 0 Å². The van der Waals surface area contributed by atoms with Crippen LogP contribution in [0.3, 0.4) is 0 Å². The van der Waals surface area contributed by atoms with Gasteiger partial charge in [0.2, 0.25) is 0 Å². The van der Waals surface area contributed by atoms with Crippen LogP contribution in [0.2, 0.25) is 0 Å². The fourth-order valence-electron chi connectivity index (χ4n) is 2.52. The second kappa shape index (κ2) is 7.43. The van der Waals surface area contributed by atoms with Gasteiger partial charge in [0.1, 0.15) is 0 Å². The monoisotopic (exact) mass is 342 g/mol. The number of likely N-dealkylation sites (N-methyl/N-ethyl adjacent to an activating group) is 1. The molecule has 8 heteroatoms. The summed E-state index contributed by atoms with van der Waals surface area (Å²) in [7, 11) is 2.04. The topological polar surface area (TPSA) is 92.2 Å². The molecule has 1 atom stereocenters. The molecule has 132 valence electrons. The van der Waals surface area contributed by atoms with Gasteiger partial charge in [-0.3, -0.25) is 19.5 Å². The number of carbonyl (C=O) groups is 2. The Kier molecular flexibility index (Phi) is 5.08. The largest absolute Gasteiger partial charge is 0.346 e. The Balaban J connectivity index is 1.50. The summed E-state index contributed by atoms with van der Waals surface area (Å²) in [5.74, 6) is -1.34. The van der Waals surface area contributed by atoms with Crippen LogP contribution in [-0.2, 0) is 9.59 Å². The number of carbonyl (C=O) groups excluding carboxylic acids is 2. The Bertz CT molecular complexity index is 741. The number of pyridine rings is 1. The van der Waals surface area contributed by atoms with Crippen molar-refractivity contribution in [2.45, 2.75) is 31.8 Å². The number of nitrogens with one attached hydrogen (secondary N) is 2. The van der Waals surface area contributed by atoms with E-state index < -0.39 is 11.8 Å². The van der Waals surface area contributed by atoms with E-state index in [-0.39, 0.29) is 6.04 Å². The maximum absolute atomic E-state index is 12.0. The van der Waals surface area contributed by atoms with Crippen LogP contribution in [0.4, 0.5) is 5.69 Å². The molecule has 1 aliphatic rings. The first-order chi connectivity index (χ1) is 12.0. The molecule has 2 N–H and O–H groups in total. The SMILES string of the molecule is CC(CNC(=O)C(=O)Nc1cnn(-c2ccncc2)c1)N(C)C1CC1. The van der Waals surface area contributed by atoms with Crippen molar-refractivity contribution in [3.8, 4) is 5.69 Å². The third-order valence-electron chi connectivity index (χ3n) is 4.35. The molecule has 0 bridgehead atoms. The first kappa shape index (κ1) is 17.1. The molecule has 0 radical (unpaired) electrons. The molecule has 0 spiro atoms. The standard InChI is InChI=1S/C17H22N6O2/c1-12(22(2)14-3-4-14)9-19-16(24)17(25)21-13-10-20-23(11-13)15-5-7-18-8-6-15/h5-8,10-12,14H,3-4,9H2,1-2H3,(H,19,24)(H,21,25). The lowest BCUT2D eigenvalue weighted by Crippen LogP contribution is -2.44. The summed E-state index contributed by atoms with van der Waals surface area (Å²) in [6, 6.07) is 4.39. The van der Waals surface area contributed by atoms with E-state index in [1.165, 1.54) is 19.0 Å². The Hall–Kier alpha value is -2.74. The highest BCUT2D eigenvalue weighted by molar-refractivity contribution is 6.39. The lowest BCUT2D eigenvalue weighted by molar-refractivity contribution is -0.136. The highest BCUT2D eigenvalue weighted by Gasteiger charge is 2.29. The third-order valence-corrected chi connectivity index (χ3v) is 4.35. The van der Waals surface area contributed by atoms with Gasteiger partial charge in [0.15, 0.2) is 0 Å². The van der Waals surface area contributed by atoms with Crippen molar-refractivity contribution in [2.75, 3.05) is 18.9 Å². The molecule has 0 aromatic carbocycles. The van der Waals surface area contributed by atoms with Gasteiger partial charge in [0.05, 0.1) is 23.8 Å². The number of nitrogens with zero attached hydrogens (tertiary/aromatic N) is 4. The van der Waals surface area contributed by atoms with Gasteiger partial charge in [0.25, 0.3) is 0 Å². The van der Waals surface area contributed by atoms with Crippen LogP contribution in [0.1, 0.15) is 19.8 Å². The van der Waals surface area contributed by atoms with E-state index in [1.807, 2.05) is 14.0 Å². The highest BCUT2D eigenvalue weighted by Crippen LogP contribution is 2.26. The van der Waals surface area contributed by atoms with Crippen LogP contribution < -0.4 is 10.6 Å². The summed E-state index contributed by atoms with van der Waals surface area (Å²) in [5, 5.41) is 9.39. The van der Waals surface area contributed by atoms with E-state index >= 15 is 0 Å². The minimum absolute atomic E-state index is 0.193. The zero-order valence-corrected chi connectivity index (χ0v) is 14.3. The molecular formula is C17H22N6O2. The fraction of sp³-hybridized carbons (Fsp3) is 0.412. The number of anilines is 1. The molecule has 0 aliphatic heterocycles. The van der Waals surface area contributed by atoms with Crippen LogP contribution in [0.25, 0.3) is 5.69 Å². The molecule has 2 aromatic rings. The van der Waals surface area contributed by atoms with Gasteiger partial charge in [0, 0.05) is 31.0 Å². The first-order valence-corrected chi connectivity index (χ1v) is 8.31. The van der Waals surface area contributed by atoms with Gasteiger partial charge in [-0.15, -0.1) is 0 Å². The van der Waals surface area contributed by atoms with Crippen molar-refractivity contribution >= 4 is 17.5 Å². The maximum atomic E-state index is 12.0. The van der Waals surface area contributed by atoms with Crippen LogP contribution in [-0.4, -0.2) is 57.2 Å². The summed E-state index contributed by atoms with van der Waals surface area (Å²) in [6.45, 7) is 2.48. The van der Waals surface area contributed by atoms with Gasteiger partial charge in [-0.25, -0.2) is 4.68 Å².